The van der Waals surface area contributed by atoms with Crippen LogP contribution in [0.25, 0.3) is 0 Å². The van der Waals surface area contributed by atoms with Gasteiger partial charge >= 0.3 is 0 Å². The third-order valence-electron chi connectivity index (χ3n) is 4.57. The van der Waals surface area contributed by atoms with Gasteiger partial charge in [-0.3, -0.25) is 14.9 Å². The van der Waals surface area contributed by atoms with Gasteiger partial charge in [-0.15, -0.1) is 5.10 Å². The van der Waals surface area contributed by atoms with Crippen LogP contribution in [-0.2, 0) is 0 Å². The monoisotopic (exact) mass is 348 g/mol. The molecule has 0 bridgehead atoms. The van der Waals surface area contributed by atoms with Gasteiger partial charge in [0, 0.05) is 37.0 Å². The molecule has 6 heteroatoms. The van der Waals surface area contributed by atoms with Gasteiger partial charge in [-0.2, -0.15) is 0 Å². The Morgan fingerprint density at radius 1 is 1.15 bits per heavy atom. The Labute approximate surface area is 151 Å². The zero-order valence-corrected chi connectivity index (χ0v) is 14.3. The van der Waals surface area contributed by atoms with Crippen molar-refractivity contribution in [2.24, 2.45) is 0 Å². The number of rotatable bonds is 4. The standard InChI is InChI=1S/C20H20N4O2/c25-20(17-10-4-5-11-21-17)24-12-6-7-15(14-24)18-13-19(23-22-18)26-16-8-2-1-3-9-16/h1-5,8-11,13,15H,6-7,12,14H2,(H,22,23)/t15-/m0/s1. The number of pyridine rings is 1. The van der Waals surface area contributed by atoms with Crippen LogP contribution in [0.5, 0.6) is 11.6 Å². The molecule has 0 saturated carbocycles. The molecule has 4 rings (SSSR count). The molecule has 132 valence electrons. The lowest BCUT2D eigenvalue weighted by Gasteiger charge is -2.31. The average molecular weight is 348 g/mol. The molecule has 2 aromatic heterocycles. The van der Waals surface area contributed by atoms with Gasteiger partial charge in [-0.25, -0.2) is 0 Å². The van der Waals surface area contributed by atoms with E-state index in [0.717, 1.165) is 30.8 Å². The van der Waals surface area contributed by atoms with E-state index in [9.17, 15) is 4.79 Å². The fourth-order valence-corrected chi connectivity index (χ4v) is 3.25. The van der Waals surface area contributed by atoms with Crippen LogP contribution in [0.4, 0.5) is 0 Å². The van der Waals surface area contributed by atoms with Crippen molar-refractivity contribution in [2.45, 2.75) is 18.8 Å². The van der Waals surface area contributed by atoms with Crippen molar-refractivity contribution in [3.05, 3.63) is 72.2 Å². The summed E-state index contributed by atoms with van der Waals surface area (Å²) in [7, 11) is 0. The lowest BCUT2D eigenvalue weighted by molar-refractivity contribution is 0.0700. The minimum atomic E-state index is -0.0180. The molecule has 0 radical (unpaired) electrons. The summed E-state index contributed by atoms with van der Waals surface area (Å²) in [5.41, 5.74) is 1.49. The van der Waals surface area contributed by atoms with Gasteiger partial charge in [0.1, 0.15) is 11.4 Å². The number of ether oxygens (including phenoxy) is 1. The number of hydrogen-bond acceptors (Lipinski definition) is 4. The van der Waals surface area contributed by atoms with E-state index in [2.05, 4.69) is 15.2 Å². The molecule has 1 atom stereocenters. The van der Waals surface area contributed by atoms with Gasteiger partial charge in [0.25, 0.3) is 5.91 Å². The molecule has 26 heavy (non-hydrogen) atoms. The Hall–Kier alpha value is -3.15. The zero-order valence-electron chi connectivity index (χ0n) is 14.3. The molecular formula is C20H20N4O2. The highest BCUT2D eigenvalue weighted by Gasteiger charge is 2.27. The van der Waals surface area contributed by atoms with Gasteiger partial charge in [-0.1, -0.05) is 24.3 Å². The fourth-order valence-electron chi connectivity index (χ4n) is 3.25. The van der Waals surface area contributed by atoms with E-state index in [1.165, 1.54) is 0 Å². The second kappa shape index (κ2) is 7.39. The van der Waals surface area contributed by atoms with E-state index >= 15 is 0 Å². The number of carbonyl (C=O) groups is 1. The maximum atomic E-state index is 12.6. The maximum absolute atomic E-state index is 12.6. The van der Waals surface area contributed by atoms with Crippen molar-refractivity contribution in [3.63, 3.8) is 0 Å². The molecule has 0 spiro atoms. The van der Waals surface area contributed by atoms with E-state index in [-0.39, 0.29) is 11.8 Å². The molecule has 1 aliphatic heterocycles. The summed E-state index contributed by atoms with van der Waals surface area (Å²) < 4.78 is 5.76. The first-order valence-electron chi connectivity index (χ1n) is 8.78. The summed E-state index contributed by atoms with van der Waals surface area (Å²) in [6.07, 6.45) is 3.62. The number of nitrogens with one attached hydrogen (secondary N) is 1. The van der Waals surface area contributed by atoms with E-state index in [1.807, 2.05) is 53.4 Å². The first-order chi connectivity index (χ1) is 12.8. The molecule has 1 aromatic carbocycles. The quantitative estimate of drug-likeness (QED) is 0.782. The van der Waals surface area contributed by atoms with Crippen LogP contribution in [0, 0.1) is 0 Å². The first kappa shape index (κ1) is 16.3. The van der Waals surface area contributed by atoms with Crippen molar-refractivity contribution >= 4 is 5.91 Å². The number of hydrogen-bond donors (Lipinski definition) is 1. The van der Waals surface area contributed by atoms with Crippen molar-refractivity contribution < 1.29 is 9.53 Å². The van der Waals surface area contributed by atoms with Crippen molar-refractivity contribution in [2.75, 3.05) is 13.1 Å². The number of H-pyrrole nitrogens is 1. The Bertz CT molecular complexity index is 864. The molecule has 3 aromatic rings. The topological polar surface area (TPSA) is 71.1 Å². The lowest BCUT2D eigenvalue weighted by atomic mass is 9.94. The number of likely N-dealkylation sites (tertiary alicyclic amines) is 1. The summed E-state index contributed by atoms with van der Waals surface area (Å²) in [6, 6.07) is 16.9. The zero-order chi connectivity index (χ0) is 17.8. The molecule has 3 heterocycles. The summed E-state index contributed by atoms with van der Waals surface area (Å²) in [5, 5.41) is 7.32. The smallest absolute Gasteiger partial charge is 0.272 e. The number of aromatic nitrogens is 3. The van der Waals surface area contributed by atoms with Crippen LogP contribution in [0.2, 0.25) is 0 Å². The Morgan fingerprint density at radius 3 is 2.81 bits per heavy atom. The van der Waals surface area contributed by atoms with Crippen LogP contribution in [-0.4, -0.2) is 39.1 Å². The fraction of sp³-hybridized carbons (Fsp3) is 0.250. The summed E-state index contributed by atoms with van der Waals surface area (Å²) in [5.74, 6) is 1.49. The second-order valence-electron chi connectivity index (χ2n) is 6.38. The highest BCUT2D eigenvalue weighted by Crippen LogP contribution is 2.29. The third kappa shape index (κ3) is 3.59. The normalized spacial score (nSPS) is 17.1. The van der Waals surface area contributed by atoms with E-state index in [0.29, 0.717) is 18.1 Å². The lowest BCUT2D eigenvalue weighted by Crippen LogP contribution is -2.39. The summed E-state index contributed by atoms with van der Waals surface area (Å²) in [4.78, 5) is 18.7. The highest BCUT2D eigenvalue weighted by molar-refractivity contribution is 5.92. The number of aromatic amines is 1. The SMILES string of the molecule is O=C(c1ccccn1)N1CCC[C@H](c2cc(Oc3ccccc3)n[nH]2)C1. The van der Waals surface area contributed by atoms with Crippen LogP contribution in [0.1, 0.15) is 34.9 Å². The molecule has 1 aliphatic rings. The molecular weight excluding hydrogens is 328 g/mol. The Balaban J connectivity index is 1.44. The first-order valence-corrected chi connectivity index (χ1v) is 8.78. The van der Waals surface area contributed by atoms with Crippen LogP contribution in [0.3, 0.4) is 0 Å². The highest BCUT2D eigenvalue weighted by atomic mass is 16.5. The Morgan fingerprint density at radius 2 is 2.00 bits per heavy atom. The van der Waals surface area contributed by atoms with Crippen LogP contribution < -0.4 is 4.74 Å². The average Bonchev–Trinajstić information content (AvgIpc) is 3.17. The molecule has 0 aliphatic carbocycles. The molecule has 1 fully saturated rings. The summed E-state index contributed by atoms with van der Waals surface area (Å²) >= 11 is 0. The van der Waals surface area contributed by atoms with E-state index in [4.69, 9.17) is 4.74 Å². The van der Waals surface area contributed by atoms with Gasteiger partial charge in [0.15, 0.2) is 0 Å². The van der Waals surface area contributed by atoms with E-state index in [1.54, 1.807) is 12.3 Å². The predicted molar refractivity (Wildman–Crippen MR) is 97.2 cm³/mol. The number of piperidine rings is 1. The molecule has 0 unspecified atom stereocenters. The van der Waals surface area contributed by atoms with Crippen LogP contribution in [0.15, 0.2) is 60.8 Å². The third-order valence-corrected chi connectivity index (χ3v) is 4.57. The van der Waals surface area contributed by atoms with Gasteiger partial charge in [0.2, 0.25) is 5.88 Å². The summed E-state index contributed by atoms with van der Waals surface area (Å²) in [6.45, 7) is 1.41. The maximum Gasteiger partial charge on any atom is 0.272 e. The van der Waals surface area contributed by atoms with Gasteiger partial charge in [-0.05, 0) is 37.1 Å². The molecule has 1 saturated heterocycles. The van der Waals surface area contributed by atoms with Crippen molar-refractivity contribution in [3.8, 4) is 11.6 Å². The largest absolute Gasteiger partial charge is 0.438 e. The number of para-hydroxylation sites is 1. The minimum Gasteiger partial charge on any atom is -0.438 e. The van der Waals surface area contributed by atoms with Gasteiger partial charge in [0.05, 0.1) is 0 Å². The van der Waals surface area contributed by atoms with E-state index < -0.39 is 0 Å². The minimum absolute atomic E-state index is 0.0180. The van der Waals surface area contributed by atoms with Crippen molar-refractivity contribution in [1.82, 2.24) is 20.1 Å². The predicted octanol–water partition coefficient (Wildman–Crippen LogP) is 3.62. The number of carbonyl (C=O) groups excluding carboxylic acids is 1. The molecule has 1 N–H and O–H groups in total. The number of amides is 1. The second-order valence-corrected chi connectivity index (χ2v) is 6.38. The van der Waals surface area contributed by atoms with Crippen LogP contribution >= 0.6 is 0 Å². The van der Waals surface area contributed by atoms with Crippen molar-refractivity contribution in [1.29, 1.82) is 0 Å². The Kier molecular flexibility index (Phi) is 4.64. The number of nitrogens with zero attached hydrogens (tertiary/aromatic N) is 3. The molecule has 6 nitrogen and oxygen atoms in total. The number of benzene rings is 1. The molecule has 1 amide bonds. The van der Waals surface area contributed by atoms with Gasteiger partial charge < -0.3 is 9.64 Å².